The van der Waals surface area contributed by atoms with E-state index in [2.05, 4.69) is 0 Å². The summed E-state index contributed by atoms with van der Waals surface area (Å²) >= 11 is 0. The van der Waals surface area contributed by atoms with Gasteiger partial charge in [0.2, 0.25) is 5.91 Å². The van der Waals surface area contributed by atoms with Gasteiger partial charge in [0.1, 0.15) is 0 Å². The highest BCUT2D eigenvalue weighted by Crippen LogP contribution is 2.41. The molecule has 2 aliphatic rings. The molecule has 0 saturated carbocycles. The van der Waals surface area contributed by atoms with Crippen LogP contribution in [0.2, 0.25) is 0 Å². The first-order valence-electron chi connectivity index (χ1n) is 13.6. The smallest absolute Gasteiger partial charge is 0.262 e. The number of fused-ring (bicyclic) bond motifs is 4. The quantitative estimate of drug-likeness (QED) is 0.302. The molecule has 0 unspecified atom stereocenters. The normalized spacial score (nSPS) is 13.0. The predicted octanol–water partition coefficient (Wildman–Crippen LogP) is 5.31. The van der Waals surface area contributed by atoms with Gasteiger partial charge in [-0.25, -0.2) is 0 Å². The summed E-state index contributed by atoms with van der Waals surface area (Å²) in [6, 6.07) is 27.7. The lowest BCUT2D eigenvalue weighted by molar-refractivity contribution is 0.0973. The maximum atomic E-state index is 14.5. The first-order valence-corrected chi connectivity index (χ1v) is 13.6. The summed E-state index contributed by atoms with van der Waals surface area (Å²) in [7, 11) is 0. The monoisotopic (exact) mass is 576 g/mol. The van der Waals surface area contributed by atoms with E-state index in [9.17, 15) is 28.8 Å². The van der Waals surface area contributed by atoms with Gasteiger partial charge in [-0.05, 0) is 30.3 Å². The fourth-order valence-corrected chi connectivity index (χ4v) is 5.91. The fourth-order valence-electron chi connectivity index (χ4n) is 5.91. The molecule has 2 amide bonds. The van der Waals surface area contributed by atoms with Gasteiger partial charge < -0.3 is 5.73 Å². The van der Waals surface area contributed by atoms with Gasteiger partial charge in [-0.3, -0.25) is 33.7 Å². The number of primary amides is 1. The molecule has 0 bridgehead atoms. The molecule has 2 aliphatic carbocycles. The number of amides is 2. The van der Waals surface area contributed by atoms with E-state index in [1.54, 1.807) is 60.7 Å². The van der Waals surface area contributed by atoms with Gasteiger partial charge in [-0.2, -0.15) is 0 Å². The number of ketones is 4. The minimum atomic E-state index is -0.754. The van der Waals surface area contributed by atoms with Crippen LogP contribution in [-0.4, -0.2) is 34.9 Å². The summed E-state index contributed by atoms with van der Waals surface area (Å²) in [5.41, 5.74) is 6.63. The van der Waals surface area contributed by atoms with Gasteiger partial charge >= 0.3 is 0 Å². The Labute approximate surface area is 250 Å². The molecule has 2 N–H and O–H groups in total. The summed E-state index contributed by atoms with van der Waals surface area (Å²) in [6.07, 6.45) is 0. The third kappa shape index (κ3) is 3.85. The fraction of sp³-hybridized carbons (Fsp3) is 0. The lowest BCUT2D eigenvalue weighted by atomic mass is 9.81. The van der Waals surface area contributed by atoms with Crippen LogP contribution in [0.25, 0.3) is 0 Å². The van der Waals surface area contributed by atoms with Crippen molar-refractivity contribution >= 4 is 46.3 Å². The molecule has 5 aromatic carbocycles. The van der Waals surface area contributed by atoms with E-state index in [4.69, 9.17) is 5.73 Å². The topological polar surface area (TPSA) is 132 Å². The van der Waals surface area contributed by atoms with Crippen molar-refractivity contribution in [3.05, 3.63) is 165 Å². The Bertz CT molecular complexity index is 2040. The van der Waals surface area contributed by atoms with Crippen LogP contribution in [0.4, 0.5) is 11.4 Å². The number of hydrogen-bond acceptors (Lipinski definition) is 6. The van der Waals surface area contributed by atoms with Gasteiger partial charge in [0.25, 0.3) is 5.91 Å². The number of anilines is 2. The van der Waals surface area contributed by atoms with Crippen molar-refractivity contribution in [3.8, 4) is 0 Å². The molecule has 5 aromatic rings. The number of nitrogens with zero attached hydrogens (tertiary/aromatic N) is 1. The molecular formula is C36H20N2O6. The van der Waals surface area contributed by atoms with Crippen LogP contribution < -0.4 is 10.6 Å². The first kappa shape index (κ1) is 26.6. The minimum absolute atomic E-state index is 0.0248. The Morgan fingerprint density at radius 2 is 0.841 bits per heavy atom. The maximum absolute atomic E-state index is 14.5. The zero-order chi connectivity index (χ0) is 30.7. The summed E-state index contributed by atoms with van der Waals surface area (Å²) < 4.78 is 0. The van der Waals surface area contributed by atoms with Crippen LogP contribution >= 0.6 is 0 Å². The number of carbonyl (C=O) groups excluding carboxylic acids is 6. The minimum Gasteiger partial charge on any atom is -0.366 e. The molecule has 0 aliphatic heterocycles. The van der Waals surface area contributed by atoms with Gasteiger partial charge in [0, 0.05) is 44.5 Å². The number of hydrogen-bond donors (Lipinski definition) is 1. The van der Waals surface area contributed by atoms with Gasteiger partial charge in [0.05, 0.1) is 22.5 Å². The highest BCUT2D eigenvalue weighted by atomic mass is 16.2. The highest BCUT2D eigenvalue weighted by Gasteiger charge is 2.38. The molecule has 8 nitrogen and oxygen atoms in total. The molecule has 0 atom stereocenters. The Kier molecular flexibility index (Phi) is 6.00. The summed E-state index contributed by atoms with van der Waals surface area (Å²) in [5.74, 6) is -3.21. The van der Waals surface area contributed by atoms with Crippen LogP contribution in [0.5, 0.6) is 0 Å². The molecular weight excluding hydrogens is 556 g/mol. The Morgan fingerprint density at radius 3 is 1.30 bits per heavy atom. The second-order valence-electron chi connectivity index (χ2n) is 10.4. The molecule has 0 aromatic heterocycles. The summed E-state index contributed by atoms with van der Waals surface area (Å²) in [6.45, 7) is 0. The van der Waals surface area contributed by atoms with Crippen LogP contribution in [0.3, 0.4) is 0 Å². The molecule has 7 rings (SSSR count). The average Bonchev–Trinajstić information content (AvgIpc) is 3.06. The van der Waals surface area contributed by atoms with Crippen molar-refractivity contribution in [1.29, 1.82) is 0 Å². The zero-order valence-corrected chi connectivity index (χ0v) is 22.9. The van der Waals surface area contributed by atoms with E-state index in [-0.39, 0.29) is 67.0 Å². The summed E-state index contributed by atoms with van der Waals surface area (Å²) in [5, 5.41) is 0. The molecule has 44 heavy (non-hydrogen) atoms. The van der Waals surface area contributed by atoms with E-state index in [1.807, 2.05) is 0 Å². The SMILES string of the molecule is NC(=O)c1cccc(C(=O)N(c2cccc3c2C(=O)c2ccccc2C3=O)c2cccc3c2C(=O)c2ccccc2C3=O)c1. The van der Waals surface area contributed by atoms with E-state index >= 15 is 0 Å². The molecule has 0 fully saturated rings. The van der Waals surface area contributed by atoms with Crippen LogP contribution in [-0.2, 0) is 0 Å². The third-order valence-corrected chi connectivity index (χ3v) is 7.94. The maximum Gasteiger partial charge on any atom is 0.262 e. The molecule has 0 heterocycles. The second kappa shape index (κ2) is 9.92. The summed E-state index contributed by atoms with van der Waals surface area (Å²) in [4.78, 5) is 82.9. The van der Waals surface area contributed by atoms with Crippen LogP contribution in [0, 0.1) is 0 Å². The van der Waals surface area contributed by atoms with Crippen molar-refractivity contribution < 1.29 is 28.8 Å². The number of benzene rings is 5. The first-order chi connectivity index (χ1) is 21.3. The van der Waals surface area contributed by atoms with Gasteiger partial charge in [-0.1, -0.05) is 78.9 Å². The van der Waals surface area contributed by atoms with Crippen molar-refractivity contribution in [2.24, 2.45) is 5.73 Å². The highest BCUT2D eigenvalue weighted by molar-refractivity contribution is 6.34. The molecule has 8 heteroatoms. The van der Waals surface area contributed by atoms with Crippen LogP contribution in [0.15, 0.2) is 109 Å². The third-order valence-electron chi connectivity index (χ3n) is 7.94. The predicted molar refractivity (Wildman–Crippen MR) is 161 cm³/mol. The van der Waals surface area contributed by atoms with Crippen molar-refractivity contribution in [2.45, 2.75) is 0 Å². The Balaban J connectivity index is 1.52. The van der Waals surface area contributed by atoms with Crippen molar-refractivity contribution in [1.82, 2.24) is 0 Å². The largest absolute Gasteiger partial charge is 0.366 e. The lowest BCUT2D eigenvalue weighted by Crippen LogP contribution is -2.33. The average molecular weight is 577 g/mol. The molecule has 0 radical (unpaired) electrons. The second-order valence-corrected chi connectivity index (χ2v) is 10.4. The van der Waals surface area contributed by atoms with Crippen molar-refractivity contribution in [3.63, 3.8) is 0 Å². The van der Waals surface area contributed by atoms with Crippen LogP contribution in [0.1, 0.15) is 84.4 Å². The van der Waals surface area contributed by atoms with Crippen molar-refractivity contribution in [2.75, 3.05) is 4.90 Å². The Hall–Kier alpha value is -6.28. The molecule has 0 saturated heterocycles. The van der Waals surface area contributed by atoms with E-state index in [0.29, 0.717) is 0 Å². The van der Waals surface area contributed by atoms with Gasteiger partial charge in [0.15, 0.2) is 23.1 Å². The van der Waals surface area contributed by atoms with Gasteiger partial charge in [-0.15, -0.1) is 0 Å². The number of rotatable bonds is 4. The number of carbonyl (C=O) groups is 6. The Morgan fingerprint density at radius 1 is 0.455 bits per heavy atom. The molecule has 210 valence electrons. The van der Waals surface area contributed by atoms with E-state index in [0.717, 1.165) is 4.90 Å². The zero-order valence-electron chi connectivity index (χ0n) is 22.9. The van der Waals surface area contributed by atoms with E-state index in [1.165, 1.54) is 48.5 Å². The lowest BCUT2D eigenvalue weighted by Gasteiger charge is -2.31. The molecule has 0 spiro atoms. The van der Waals surface area contributed by atoms with E-state index < -0.39 is 34.9 Å². The number of nitrogens with two attached hydrogens (primary N) is 1. The standard InChI is InChI=1S/C36H20N2O6/c37-35(43)19-8-5-9-20(18-19)36(44)38(27-16-6-14-25-29(27)33(41)23-12-3-1-10-21(23)31(25)39)28-17-7-15-26-30(28)34(42)24-13-4-2-11-22(24)32(26)40/h1-18H,(H2,37,43).